The maximum absolute atomic E-state index is 12.1. The molecule has 35 heavy (non-hydrogen) atoms. The van der Waals surface area contributed by atoms with Crippen LogP contribution in [0.2, 0.25) is 0 Å². The van der Waals surface area contributed by atoms with E-state index in [-0.39, 0.29) is 12.3 Å². The highest BCUT2D eigenvalue weighted by atomic mass is 16.6. The van der Waals surface area contributed by atoms with Gasteiger partial charge in [0.25, 0.3) is 0 Å². The monoisotopic (exact) mass is 485 g/mol. The van der Waals surface area contributed by atoms with Gasteiger partial charge in [-0.1, -0.05) is 54.4 Å². The number of alkyl carbamates (subject to hydrolysis) is 1. The molecule has 2 rings (SSSR count). The summed E-state index contributed by atoms with van der Waals surface area (Å²) < 4.78 is 11.4. The fourth-order valence-electron chi connectivity index (χ4n) is 3.95. The van der Waals surface area contributed by atoms with E-state index >= 15 is 0 Å². The molecule has 0 aliphatic rings. The van der Waals surface area contributed by atoms with Gasteiger partial charge in [-0.05, 0) is 71.6 Å². The van der Waals surface area contributed by atoms with Crippen molar-refractivity contribution in [3.8, 4) is 5.75 Å². The number of benzene rings is 2. The number of carboxylic acids is 1. The lowest BCUT2D eigenvalue weighted by Crippen LogP contribution is -2.43. The summed E-state index contributed by atoms with van der Waals surface area (Å²) in [7, 11) is 0. The van der Waals surface area contributed by atoms with Crippen LogP contribution in [0.1, 0.15) is 58.1 Å². The summed E-state index contributed by atoms with van der Waals surface area (Å²) in [6.07, 6.45) is 0.0503. The quantitative estimate of drug-likeness (QED) is 0.385. The van der Waals surface area contributed by atoms with E-state index in [1.807, 2.05) is 49.4 Å². The van der Waals surface area contributed by atoms with Crippen LogP contribution in [0.3, 0.4) is 0 Å². The minimum Gasteiger partial charge on any atom is -0.487 e. The fraction of sp³-hybridized carbons (Fsp3) is 0.500. The van der Waals surface area contributed by atoms with Crippen molar-refractivity contribution >= 4 is 12.1 Å². The van der Waals surface area contributed by atoms with Crippen LogP contribution >= 0.6 is 0 Å². The number of rotatable bonds is 12. The molecule has 0 spiro atoms. The molecule has 0 bridgehead atoms. The number of ether oxygens (including phenoxy) is 2. The molecule has 7 heteroatoms. The topological polar surface area (TPSA) is 105 Å². The summed E-state index contributed by atoms with van der Waals surface area (Å²) in [6.45, 7) is 8.91. The number of hydrogen-bond donors (Lipinski definition) is 3. The molecule has 3 N–H and O–H groups in total. The predicted octanol–water partition coefficient (Wildman–Crippen LogP) is 5.13. The second-order valence-electron chi connectivity index (χ2n) is 10.1. The number of para-hydroxylation sites is 1. The Morgan fingerprint density at radius 1 is 1.00 bits per heavy atom. The van der Waals surface area contributed by atoms with Crippen molar-refractivity contribution in [1.29, 1.82) is 0 Å². The molecule has 2 aromatic rings. The number of aliphatic carboxylic acids is 1. The second kappa shape index (κ2) is 13.1. The average molecular weight is 486 g/mol. The Bertz CT molecular complexity index is 921. The summed E-state index contributed by atoms with van der Waals surface area (Å²) in [5.41, 5.74) is 1.56. The smallest absolute Gasteiger partial charge is 0.408 e. The van der Waals surface area contributed by atoms with Crippen molar-refractivity contribution in [3.63, 3.8) is 0 Å². The Morgan fingerprint density at radius 3 is 2.17 bits per heavy atom. The Kier molecular flexibility index (Phi) is 10.6. The average Bonchev–Trinajstić information content (AvgIpc) is 2.76. The van der Waals surface area contributed by atoms with Gasteiger partial charge in [-0.15, -0.1) is 0 Å². The van der Waals surface area contributed by atoms with Gasteiger partial charge in [0.1, 0.15) is 23.5 Å². The molecular weight excluding hydrogens is 446 g/mol. The van der Waals surface area contributed by atoms with Gasteiger partial charge in [-0.3, -0.25) is 0 Å². The van der Waals surface area contributed by atoms with Gasteiger partial charge in [0.15, 0.2) is 0 Å². The third kappa shape index (κ3) is 10.4. The Morgan fingerprint density at radius 2 is 1.63 bits per heavy atom. The zero-order chi connectivity index (χ0) is 26.0. The predicted molar refractivity (Wildman–Crippen MR) is 136 cm³/mol. The number of carbonyl (C=O) groups is 2. The number of hydrogen-bond acceptors (Lipinski definition) is 5. The zero-order valence-electron chi connectivity index (χ0n) is 21.4. The highest BCUT2D eigenvalue weighted by Gasteiger charge is 2.29. The first-order valence-corrected chi connectivity index (χ1v) is 12.1. The van der Waals surface area contributed by atoms with Crippen LogP contribution in [0, 0.1) is 12.8 Å². The molecule has 0 aliphatic carbocycles. The molecule has 0 saturated carbocycles. The highest BCUT2D eigenvalue weighted by molar-refractivity contribution is 5.79. The van der Waals surface area contributed by atoms with Crippen molar-refractivity contribution in [3.05, 3.63) is 65.7 Å². The van der Waals surface area contributed by atoms with Crippen LogP contribution < -0.4 is 10.1 Å². The first kappa shape index (κ1) is 28.2. The summed E-state index contributed by atoms with van der Waals surface area (Å²) >= 11 is 0. The molecule has 2 aromatic carbocycles. The van der Waals surface area contributed by atoms with Crippen molar-refractivity contribution in [2.45, 2.75) is 84.2 Å². The largest absolute Gasteiger partial charge is 0.487 e. The SMILES string of the molecule is Cc1ccc(CC(CCCC(NC(=O)OC(C)(C)C)C(=O)O)C(Oc2ccccc2)C(C)O)cc1. The third-order valence-corrected chi connectivity index (χ3v) is 5.63. The van der Waals surface area contributed by atoms with Crippen LogP contribution in [0.5, 0.6) is 5.75 Å². The maximum atomic E-state index is 12.1. The van der Waals surface area contributed by atoms with Gasteiger partial charge in [0, 0.05) is 5.92 Å². The molecule has 0 aliphatic heterocycles. The molecular formula is C28H39NO6. The molecule has 4 atom stereocenters. The lowest BCUT2D eigenvalue weighted by Gasteiger charge is -2.31. The molecule has 192 valence electrons. The summed E-state index contributed by atoms with van der Waals surface area (Å²) in [5, 5.41) is 22.7. The molecule has 0 aromatic heterocycles. The maximum Gasteiger partial charge on any atom is 0.408 e. The number of carbonyl (C=O) groups excluding carboxylic acids is 1. The first-order chi connectivity index (χ1) is 16.4. The van der Waals surface area contributed by atoms with E-state index in [0.717, 1.165) is 11.1 Å². The van der Waals surface area contributed by atoms with Gasteiger partial charge in [0.2, 0.25) is 0 Å². The van der Waals surface area contributed by atoms with Gasteiger partial charge in [-0.25, -0.2) is 9.59 Å². The van der Waals surface area contributed by atoms with E-state index in [1.165, 1.54) is 0 Å². The van der Waals surface area contributed by atoms with Gasteiger partial charge in [0.05, 0.1) is 6.10 Å². The van der Waals surface area contributed by atoms with E-state index in [0.29, 0.717) is 25.0 Å². The lowest BCUT2D eigenvalue weighted by atomic mass is 9.86. The lowest BCUT2D eigenvalue weighted by molar-refractivity contribution is -0.139. The van der Waals surface area contributed by atoms with Crippen LogP contribution in [-0.2, 0) is 16.0 Å². The van der Waals surface area contributed by atoms with Gasteiger partial charge in [-0.2, -0.15) is 0 Å². The Hall–Kier alpha value is -3.06. The number of amides is 1. The molecule has 0 saturated heterocycles. The van der Waals surface area contributed by atoms with E-state index in [4.69, 9.17) is 9.47 Å². The van der Waals surface area contributed by atoms with Crippen molar-refractivity contribution in [1.82, 2.24) is 5.32 Å². The number of nitrogens with one attached hydrogen (secondary N) is 1. The second-order valence-corrected chi connectivity index (χ2v) is 10.1. The van der Waals surface area contributed by atoms with E-state index in [1.54, 1.807) is 27.7 Å². The molecule has 1 amide bonds. The summed E-state index contributed by atoms with van der Waals surface area (Å²) in [6, 6.07) is 16.5. The van der Waals surface area contributed by atoms with Crippen LogP contribution in [0.15, 0.2) is 54.6 Å². The van der Waals surface area contributed by atoms with Crippen LogP contribution in [0.4, 0.5) is 4.79 Å². The normalized spacial score (nSPS) is 14.9. The van der Waals surface area contributed by atoms with E-state index in [9.17, 15) is 19.8 Å². The Balaban J connectivity index is 2.13. The molecule has 4 unspecified atom stereocenters. The van der Waals surface area contributed by atoms with Crippen LogP contribution in [0.25, 0.3) is 0 Å². The summed E-state index contributed by atoms with van der Waals surface area (Å²) in [4.78, 5) is 23.8. The molecule has 0 heterocycles. The van der Waals surface area contributed by atoms with Crippen molar-refractivity contribution in [2.75, 3.05) is 0 Å². The number of aryl methyl sites for hydroxylation is 1. The molecule has 7 nitrogen and oxygen atoms in total. The molecule has 0 radical (unpaired) electrons. The number of carboxylic acid groups (broad SMARTS) is 1. The van der Waals surface area contributed by atoms with Crippen molar-refractivity contribution < 1.29 is 29.3 Å². The minimum absolute atomic E-state index is 0.0751. The van der Waals surface area contributed by atoms with E-state index < -0.39 is 35.9 Å². The van der Waals surface area contributed by atoms with Crippen molar-refractivity contribution in [2.24, 2.45) is 5.92 Å². The summed E-state index contributed by atoms with van der Waals surface area (Å²) in [5.74, 6) is -0.519. The Labute approximate surface area is 208 Å². The standard InChI is InChI=1S/C28H39NO6/c1-19-14-16-21(17-15-19)18-22(25(20(2)30)34-23-11-7-6-8-12-23)10-9-13-24(26(31)32)29-27(33)35-28(3,4)5/h6-8,11-12,14-17,20,22,24-25,30H,9-10,13,18H2,1-5H3,(H,29,33)(H,31,32). The zero-order valence-corrected chi connectivity index (χ0v) is 21.4. The fourth-order valence-corrected chi connectivity index (χ4v) is 3.95. The minimum atomic E-state index is -1.11. The van der Waals surface area contributed by atoms with Gasteiger partial charge < -0.3 is 25.0 Å². The molecule has 0 fully saturated rings. The highest BCUT2D eigenvalue weighted by Crippen LogP contribution is 2.26. The van der Waals surface area contributed by atoms with Crippen LogP contribution in [-0.4, -0.2) is 46.1 Å². The number of aliphatic hydroxyl groups excluding tert-OH is 1. The first-order valence-electron chi connectivity index (χ1n) is 12.1. The third-order valence-electron chi connectivity index (χ3n) is 5.63. The number of aliphatic hydroxyl groups is 1. The van der Waals surface area contributed by atoms with E-state index in [2.05, 4.69) is 17.4 Å². The van der Waals surface area contributed by atoms with Gasteiger partial charge >= 0.3 is 12.1 Å².